The third-order valence-electron chi connectivity index (χ3n) is 2.99. The Labute approximate surface area is 105 Å². The van der Waals surface area contributed by atoms with E-state index in [4.69, 9.17) is 14.6 Å². The van der Waals surface area contributed by atoms with Crippen molar-refractivity contribution in [3.63, 3.8) is 0 Å². The number of carboxylic acid groups (broad SMARTS) is 1. The molecule has 0 aliphatic carbocycles. The number of rotatable bonds is 5. The van der Waals surface area contributed by atoms with Crippen LogP contribution in [0.2, 0.25) is 0 Å². The van der Waals surface area contributed by atoms with Gasteiger partial charge in [0.05, 0.1) is 6.42 Å². The first-order valence-electron chi connectivity index (χ1n) is 5.61. The molecular weight excluding hydrogens is 242 g/mol. The van der Waals surface area contributed by atoms with Crippen molar-refractivity contribution in [1.82, 2.24) is 4.90 Å². The van der Waals surface area contributed by atoms with Crippen molar-refractivity contribution in [2.75, 3.05) is 20.8 Å². The number of piperidine rings is 1. The van der Waals surface area contributed by atoms with Crippen molar-refractivity contribution in [2.24, 2.45) is 5.92 Å². The van der Waals surface area contributed by atoms with E-state index in [1.165, 1.54) is 14.2 Å². The van der Waals surface area contributed by atoms with Gasteiger partial charge in [-0.3, -0.25) is 9.59 Å². The van der Waals surface area contributed by atoms with Crippen LogP contribution in [0.1, 0.15) is 19.3 Å². The molecule has 0 unspecified atom stereocenters. The number of carbonyl (C=O) groups excluding carboxylic acids is 2. The Morgan fingerprint density at radius 3 is 2.56 bits per heavy atom. The number of methoxy groups -OCH3 is 2. The lowest BCUT2D eigenvalue weighted by molar-refractivity contribution is -0.142. The van der Waals surface area contributed by atoms with E-state index in [1.54, 1.807) is 0 Å². The summed E-state index contributed by atoms with van der Waals surface area (Å²) in [7, 11) is 2.98. The molecule has 1 rings (SSSR count). The summed E-state index contributed by atoms with van der Waals surface area (Å²) < 4.78 is 9.98. The number of nitrogens with zero attached hydrogens (tertiary/aromatic N) is 1. The molecule has 1 fully saturated rings. The maximum atomic E-state index is 11.6. The Kier molecular flexibility index (Phi) is 5.24. The lowest BCUT2D eigenvalue weighted by Gasteiger charge is -2.28. The van der Waals surface area contributed by atoms with Crippen LogP contribution < -0.4 is 0 Å². The van der Waals surface area contributed by atoms with Crippen LogP contribution in [0.5, 0.6) is 0 Å². The molecular formula is C11H17NO6. The van der Waals surface area contributed by atoms with E-state index in [-0.39, 0.29) is 18.7 Å². The minimum absolute atomic E-state index is 0.0762. The predicted molar refractivity (Wildman–Crippen MR) is 59.9 cm³/mol. The standard InChI is InChI=1S/C11H17NO6/c1-17-10(18-2)4-3-7-6-12(11(15)16)9(14)5-8(7)13/h7,10H,3-6H2,1-2H3,(H,15,16)/t7-/m0/s1. The smallest absolute Gasteiger partial charge is 0.414 e. The first kappa shape index (κ1) is 14.6. The molecule has 0 radical (unpaired) electrons. The second-order valence-corrected chi connectivity index (χ2v) is 4.11. The normalized spacial score (nSPS) is 20.6. The number of ketones is 1. The Balaban J connectivity index is 2.57. The lowest BCUT2D eigenvalue weighted by Crippen LogP contribution is -2.47. The van der Waals surface area contributed by atoms with E-state index >= 15 is 0 Å². The molecule has 1 aliphatic heterocycles. The highest BCUT2D eigenvalue weighted by atomic mass is 16.7. The van der Waals surface area contributed by atoms with Gasteiger partial charge in [-0.2, -0.15) is 0 Å². The molecule has 1 atom stereocenters. The van der Waals surface area contributed by atoms with Gasteiger partial charge in [-0.1, -0.05) is 0 Å². The van der Waals surface area contributed by atoms with Crippen molar-refractivity contribution in [3.05, 3.63) is 0 Å². The third-order valence-corrected chi connectivity index (χ3v) is 2.99. The van der Waals surface area contributed by atoms with Gasteiger partial charge in [0.15, 0.2) is 6.29 Å². The molecule has 1 heterocycles. The zero-order valence-corrected chi connectivity index (χ0v) is 10.4. The summed E-state index contributed by atoms with van der Waals surface area (Å²) in [5.41, 5.74) is 0. The number of carbonyl (C=O) groups is 3. The predicted octanol–water partition coefficient (Wildman–Crippen LogP) is 0.481. The van der Waals surface area contributed by atoms with E-state index in [1.807, 2.05) is 0 Å². The summed E-state index contributed by atoms with van der Waals surface area (Å²) >= 11 is 0. The highest BCUT2D eigenvalue weighted by molar-refractivity contribution is 6.06. The number of Topliss-reactive ketones (excluding diaryl/α,β-unsaturated/α-hetero) is 1. The van der Waals surface area contributed by atoms with Gasteiger partial charge in [0.25, 0.3) is 0 Å². The van der Waals surface area contributed by atoms with Gasteiger partial charge < -0.3 is 14.6 Å². The number of hydrogen-bond donors (Lipinski definition) is 1. The first-order valence-corrected chi connectivity index (χ1v) is 5.61. The maximum absolute atomic E-state index is 11.6. The Bertz CT molecular complexity index is 338. The SMILES string of the molecule is COC(CC[C@H]1CN(C(=O)O)C(=O)CC1=O)OC. The largest absolute Gasteiger partial charge is 0.465 e. The molecule has 0 aromatic rings. The van der Waals surface area contributed by atoms with Crippen LogP contribution in [0.3, 0.4) is 0 Å². The van der Waals surface area contributed by atoms with E-state index < -0.39 is 24.2 Å². The van der Waals surface area contributed by atoms with Gasteiger partial charge in [0.1, 0.15) is 5.78 Å². The summed E-state index contributed by atoms with van der Waals surface area (Å²) in [6.07, 6.45) is -1.17. The fourth-order valence-corrected chi connectivity index (χ4v) is 1.92. The van der Waals surface area contributed by atoms with E-state index in [2.05, 4.69) is 0 Å². The van der Waals surface area contributed by atoms with Gasteiger partial charge in [-0.05, 0) is 12.8 Å². The molecule has 18 heavy (non-hydrogen) atoms. The highest BCUT2D eigenvalue weighted by Gasteiger charge is 2.35. The van der Waals surface area contributed by atoms with Crippen molar-refractivity contribution in [2.45, 2.75) is 25.6 Å². The number of likely N-dealkylation sites (tertiary alicyclic amines) is 1. The van der Waals surface area contributed by atoms with E-state index in [0.29, 0.717) is 17.7 Å². The van der Waals surface area contributed by atoms with Crippen molar-refractivity contribution >= 4 is 17.8 Å². The lowest BCUT2D eigenvalue weighted by atomic mass is 9.91. The van der Waals surface area contributed by atoms with Crippen LogP contribution in [0.25, 0.3) is 0 Å². The van der Waals surface area contributed by atoms with Crippen LogP contribution >= 0.6 is 0 Å². The second-order valence-electron chi connectivity index (χ2n) is 4.11. The number of imide groups is 1. The van der Waals surface area contributed by atoms with E-state index in [9.17, 15) is 14.4 Å². The summed E-state index contributed by atoms with van der Waals surface area (Å²) in [4.78, 5) is 34.5. The van der Waals surface area contributed by atoms with Crippen LogP contribution in [0.15, 0.2) is 0 Å². The summed E-state index contributed by atoms with van der Waals surface area (Å²) in [5.74, 6) is -1.34. The van der Waals surface area contributed by atoms with Crippen molar-refractivity contribution < 1.29 is 29.0 Å². The van der Waals surface area contributed by atoms with Gasteiger partial charge in [-0.15, -0.1) is 0 Å². The zero-order chi connectivity index (χ0) is 13.7. The molecule has 2 amide bonds. The minimum Gasteiger partial charge on any atom is -0.465 e. The zero-order valence-electron chi connectivity index (χ0n) is 10.4. The molecule has 0 spiro atoms. The molecule has 0 aromatic carbocycles. The molecule has 102 valence electrons. The molecule has 0 bridgehead atoms. The fourth-order valence-electron chi connectivity index (χ4n) is 1.92. The summed E-state index contributed by atoms with van der Waals surface area (Å²) in [6.45, 7) is -0.0762. The van der Waals surface area contributed by atoms with Crippen LogP contribution in [0, 0.1) is 5.92 Å². The Morgan fingerprint density at radius 1 is 1.44 bits per heavy atom. The van der Waals surface area contributed by atoms with Gasteiger partial charge in [0.2, 0.25) is 5.91 Å². The molecule has 1 saturated heterocycles. The number of ether oxygens (including phenoxy) is 2. The van der Waals surface area contributed by atoms with Crippen LogP contribution in [-0.2, 0) is 19.1 Å². The van der Waals surface area contributed by atoms with E-state index in [0.717, 1.165) is 0 Å². The maximum Gasteiger partial charge on any atom is 0.414 e. The van der Waals surface area contributed by atoms with Gasteiger partial charge in [0, 0.05) is 26.7 Å². The Morgan fingerprint density at radius 2 is 2.06 bits per heavy atom. The molecule has 1 aliphatic rings. The monoisotopic (exact) mass is 259 g/mol. The van der Waals surface area contributed by atoms with Gasteiger partial charge >= 0.3 is 6.09 Å². The molecule has 7 nitrogen and oxygen atoms in total. The average molecular weight is 259 g/mol. The first-order chi connectivity index (χ1) is 8.49. The van der Waals surface area contributed by atoms with Crippen molar-refractivity contribution in [3.8, 4) is 0 Å². The van der Waals surface area contributed by atoms with Crippen molar-refractivity contribution in [1.29, 1.82) is 0 Å². The van der Waals surface area contributed by atoms with Crippen LogP contribution in [-0.4, -0.2) is 54.8 Å². The summed E-state index contributed by atoms with van der Waals surface area (Å²) in [6, 6.07) is 0. The van der Waals surface area contributed by atoms with Gasteiger partial charge in [-0.25, -0.2) is 9.69 Å². The highest BCUT2D eigenvalue weighted by Crippen LogP contribution is 2.20. The number of hydrogen-bond acceptors (Lipinski definition) is 5. The van der Waals surface area contributed by atoms with Crippen LogP contribution in [0.4, 0.5) is 4.79 Å². The summed E-state index contributed by atoms with van der Waals surface area (Å²) in [5, 5.41) is 8.83. The minimum atomic E-state index is -1.31. The number of amides is 2. The topological polar surface area (TPSA) is 93.1 Å². The molecule has 0 saturated carbocycles. The third kappa shape index (κ3) is 3.51. The average Bonchev–Trinajstić information content (AvgIpc) is 2.32. The molecule has 7 heteroatoms. The Hall–Kier alpha value is -1.47. The second kappa shape index (κ2) is 6.46. The molecule has 1 N–H and O–H groups in total. The molecule has 0 aromatic heterocycles. The fraction of sp³-hybridized carbons (Fsp3) is 0.727. The quantitative estimate of drug-likeness (QED) is 0.570.